The molecule has 2 N–H and O–H groups in total. The zero-order valence-electron chi connectivity index (χ0n) is 14.9. The van der Waals surface area contributed by atoms with Crippen LogP contribution in [0.25, 0.3) is 11.3 Å². The van der Waals surface area contributed by atoms with E-state index in [0.717, 1.165) is 23.8 Å². The number of anilines is 1. The van der Waals surface area contributed by atoms with E-state index in [1.165, 1.54) is 10.7 Å². The molecule has 0 aliphatic heterocycles. The summed E-state index contributed by atoms with van der Waals surface area (Å²) >= 11 is 0. The lowest BCUT2D eigenvalue weighted by Crippen LogP contribution is -2.31. The van der Waals surface area contributed by atoms with Crippen LogP contribution in [0.2, 0.25) is 0 Å². The molecule has 0 saturated heterocycles. The van der Waals surface area contributed by atoms with Gasteiger partial charge in [0, 0.05) is 30.8 Å². The number of carbonyl (C=O) groups is 1. The first-order valence-electron chi connectivity index (χ1n) is 8.66. The molecule has 0 spiro atoms. The number of halogens is 2. The number of nitrogens with zero attached hydrogens (tertiary/aromatic N) is 2. The molecule has 0 atom stereocenters. The number of rotatable bonds is 6. The maximum absolute atomic E-state index is 13.5. The predicted molar refractivity (Wildman–Crippen MR) is 102 cm³/mol. The number of urea groups is 1. The molecule has 1 aromatic heterocycles. The summed E-state index contributed by atoms with van der Waals surface area (Å²) in [5, 5.41) is 9.11. The van der Waals surface area contributed by atoms with Crippen molar-refractivity contribution in [2.24, 2.45) is 0 Å². The Morgan fingerprint density at radius 1 is 1.04 bits per heavy atom. The highest BCUT2D eigenvalue weighted by Gasteiger charge is 2.08. The Morgan fingerprint density at radius 2 is 1.82 bits per heavy atom. The molecule has 2 aromatic carbocycles. The number of carbonyl (C=O) groups excluding carboxylic acids is 1. The van der Waals surface area contributed by atoms with Gasteiger partial charge in [0.2, 0.25) is 0 Å². The molecular weight excluding hydrogens is 366 g/mol. The summed E-state index contributed by atoms with van der Waals surface area (Å²) in [6, 6.07) is 14.7. The maximum Gasteiger partial charge on any atom is 0.319 e. The monoisotopic (exact) mass is 384 g/mol. The maximum atomic E-state index is 13.5. The van der Waals surface area contributed by atoms with Gasteiger partial charge in [0.15, 0.2) is 0 Å². The van der Waals surface area contributed by atoms with Gasteiger partial charge in [-0.1, -0.05) is 30.3 Å². The molecule has 3 aromatic rings. The van der Waals surface area contributed by atoms with Crippen molar-refractivity contribution in [3.05, 3.63) is 82.7 Å². The predicted octanol–water partition coefficient (Wildman–Crippen LogP) is 3.40. The second-order valence-electron chi connectivity index (χ2n) is 6.00. The smallest absolute Gasteiger partial charge is 0.319 e. The Hall–Kier alpha value is -3.55. The Morgan fingerprint density at radius 3 is 2.61 bits per heavy atom. The largest absolute Gasteiger partial charge is 0.338 e. The van der Waals surface area contributed by atoms with Gasteiger partial charge in [0.1, 0.15) is 11.6 Å². The molecule has 28 heavy (non-hydrogen) atoms. The lowest BCUT2D eigenvalue weighted by molar-refractivity contribution is 0.251. The third-order valence-electron chi connectivity index (χ3n) is 3.95. The molecule has 144 valence electrons. The molecule has 0 bridgehead atoms. The number of aromatic nitrogens is 2. The van der Waals surface area contributed by atoms with E-state index in [1.807, 2.05) is 30.3 Å². The quantitative estimate of drug-likeness (QED) is 0.640. The van der Waals surface area contributed by atoms with Crippen LogP contribution < -0.4 is 16.2 Å². The first kappa shape index (κ1) is 19.2. The van der Waals surface area contributed by atoms with E-state index in [-0.39, 0.29) is 17.8 Å². The molecule has 8 heteroatoms. The zero-order valence-corrected chi connectivity index (χ0v) is 14.9. The molecule has 0 saturated carbocycles. The fraction of sp³-hybridized carbons (Fsp3) is 0.150. The van der Waals surface area contributed by atoms with Crippen molar-refractivity contribution in [2.75, 3.05) is 11.9 Å². The Balaban J connectivity index is 1.53. The Labute approximate surface area is 159 Å². The van der Waals surface area contributed by atoms with Crippen LogP contribution in [0.4, 0.5) is 19.3 Å². The molecule has 0 aliphatic carbocycles. The lowest BCUT2D eigenvalue weighted by Gasteiger charge is -2.10. The highest BCUT2D eigenvalue weighted by atomic mass is 19.1. The Bertz CT molecular complexity index is 1020. The summed E-state index contributed by atoms with van der Waals surface area (Å²) in [4.78, 5) is 23.8. The van der Waals surface area contributed by atoms with E-state index < -0.39 is 17.7 Å². The van der Waals surface area contributed by atoms with Gasteiger partial charge in [-0.05, 0) is 24.6 Å². The second kappa shape index (κ2) is 8.90. The molecule has 0 aliphatic rings. The summed E-state index contributed by atoms with van der Waals surface area (Å²) < 4.78 is 27.9. The van der Waals surface area contributed by atoms with Gasteiger partial charge in [-0.3, -0.25) is 4.79 Å². The molecule has 0 fully saturated rings. The van der Waals surface area contributed by atoms with E-state index in [0.29, 0.717) is 18.7 Å². The average molecular weight is 384 g/mol. The number of aryl methyl sites for hydroxylation is 1. The number of hydrogen-bond acceptors (Lipinski definition) is 3. The summed E-state index contributed by atoms with van der Waals surface area (Å²) in [7, 11) is 0. The standard InChI is InChI=1S/C20H18F2N4O2/c21-15-7-8-16(22)18(13-15)24-20(28)23-11-4-12-26-19(27)10-9-17(25-26)14-5-2-1-3-6-14/h1-3,5-10,13H,4,11-12H2,(H2,23,24,28). The Kier molecular flexibility index (Phi) is 6.11. The van der Waals surface area contributed by atoms with Crippen LogP contribution in [0.1, 0.15) is 6.42 Å². The van der Waals surface area contributed by atoms with Crippen LogP contribution in [-0.2, 0) is 6.54 Å². The first-order chi connectivity index (χ1) is 13.5. The molecule has 2 amide bonds. The SMILES string of the molecule is O=C(NCCCn1nc(-c2ccccc2)ccc1=O)Nc1cc(F)ccc1F. The van der Waals surface area contributed by atoms with Crippen molar-refractivity contribution < 1.29 is 13.6 Å². The van der Waals surface area contributed by atoms with E-state index in [4.69, 9.17) is 0 Å². The van der Waals surface area contributed by atoms with Gasteiger partial charge in [0.05, 0.1) is 11.4 Å². The fourth-order valence-electron chi connectivity index (χ4n) is 2.56. The van der Waals surface area contributed by atoms with Crippen molar-refractivity contribution in [3.63, 3.8) is 0 Å². The van der Waals surface area contributed by atoms with Gasteiger partial charge in [-0.25, -0.2) is 18.3 Å². The fourth-order valence-corrected chi connectivity index (χ4v) is 2.56. The molecular formula is C20H18F2N4O2. The summed E-state index contributed by atoms with van der Waals surface area (Å²) in [5.74, 6) is -1.38. The van der Waals surface area contributed by atoms with Crippen molar-refractivity contribution in [2.45, 2.75) is 13.0 Å². The van der Waals surface area contributed by atoms with E-state index in [9.17, 15) is 18.4 Å². The van der Waals surface area contributed by atoms with Crippen LogP contribution in [0.3, 0.4) is 0 Å². The van der Waals surface area contributed by atoms with Crippen LogP contribution in [0.5, 0.6) is 0 Å². The van der Waals surface area contributed by atoms with Gasteiger partial charge in [-0.2, -0.15) is 5.10 Å². The molecule has 0 unspecified atom stereocenters. The van der Waals surface area contributed by atoms with E-state index in [1.54, 1.807) is 6.07 Å². The van der Waals surface area contributed by atoms with Crippen LogP contribution in [0.15, 0.2) is 65.5 Å². The number of nitrogens with one attached hydrogen (secondary N) is 2. The molecule has 1 heterocycles. The molecule has 6 nitrogen and oxygen atoms in total. The summed E-state index contributed by atoms with van der Waals surface area (Å²) in [6.07, 6.45) is 0.435. The van der Waals surface area contributed by atoms with E-state index in [2.05, 4.69) is 15.7 Å². The van der Waals surface area contributed by atoms with Gasteiger partial charge >= 0.3 is 6.03 Å². The third-order valence-corrected chi connectivity index (χ3v) is 3.95. The highest BCUT2D eigenvalue weighted by molar-refractivity contribution is 5.89. The van der Waals surface area contributed by atoms with Gasteiger partial charge < -0.3 is 10.6 Å². The minimum atomic E-state index is -0.731. The normalized spacial score (nSPS) is 10.5. The van der Waals surface area contributed by atoms with Crippen molar-refractivity contribution >= 4 is 11.7 Å². The number of benzene rings is 2. The summed E-state index contributed by atoms with van der Waals surface area (Å²) in [5.41, 5.74) is 1.08. The van der Waals surface area contributed by atoms with Crippen molar-refractivity contribution in [3.8, 4) is 11.3 Å². The van der Waals surface area contributed by atoms with Gasteiger partial charge in [0.25, 0.3) is 5.56 Å². The molecule has 3 rings (SSSR count). The minimum Gasteiger partial charge on any atom is -0.338 e. The molecule has 0 radical (unpaired) electrons. The minimum absolute atomic E-state index is 0.229. The van der Waals surface area contributed by atoms with Crippen LogP contribution in [0, 0.1) is 11.6 Å². The average Bonchev–Trinajstić information content (AvgIpc) is 2.70. The van der Waals surface area contributed by atoms with E-state index >= 15 is 0 Å². The number of hydrogen-bond donors (Lipinski definition) is 2. The van der Waals surface area contributed by atoms with Gasteiger partial charge in [-0.15, -0.1) is 0 Å². The topological polar surface area (TPSA) is 76.0 Å². The highest BCUT2D eigenvalue weighted by Crippen LogP contribution is 2.15. The summed E-state index contributed by atoms with van der Waals surface area (Å²) in [6.45, 7) is 0.528. The second-order valence-corrected chi connectivity index (χ2v) is 6.00. The zero-order chi connectivity index (χ0) is 19.9. The van der Waals surface area contributed by atoms with Crippen molar-refractivity contribution in [1.29, 1.82) is 0 Å². The third kappa shape index (κ3) is 5.00. The van der Waals surface area contributed by atoms with Crippen LogP contribution in [-0.4, -0.2) is 22.4 Å². The van der Waals surface area contributed by atoms with Crippen LogP contribution >= 0.6 is 0 Å². The lowest BCUT2D eigenvalue weighted by atomic mass is 10.1. The number of amides is 2. The van der Waals surface area contributed by atoms with Crippen molar-refractivity contribution in [1.82, 2.24) is 15.1 Å². The first-order valence-corrected chi connectivity index (χ1v) is 8.66.